The SMILES string of the molecule is C1=CC=CNC=C1.C1=c2c(ccc3c2=CCc2ccccc2-3)CCC1Cc1ccccn1. The number of hydrogen-bond donors (Lipinski definition) is 1. The maximum absolute atomic E-state index is 4.52. The van der Waals surface area contributed by atoms with E-state index in [0.29, 0.717) is 5.92 Å². The van der Waals surface area contributed by atoms with E-state index in [1.807, 2.05) is 49.0 Å². The zero-order valence-electron chi connectivity index (χ0n) is 18.2. The number of aromatic nitrogens is 1. The van der Waals surface area contributed by atoms with Crippen LogP contribution in [0.3, 0.4) is 0 Å². The summed E-state index contributed by atoms with van der Waals surface area (Å²) < 4.78 is 0. The molecule has 2 nitrogen and oxygen atoms in total. The highest BCUT2D eigenvalue weighted by Crippen LogP contribution is 2.25. The molecule has 1 aromatic heterocycles. The molecule has 1 unspecified atom stereocenters. The smallest absolute Gasteiger partial charge is 0.0409 e. The van der Waals surface area contributed by atoms with Crippen molar-refractivity contribution in [2.75, 3.05) is 0 Å². The molecule has 1 N–H and O–H groups in total. The van der Waals surface area contributed by atoms with Crippen molar-refractivity contribution in [1.29, 1.82) is 0 Å². The molecule has 6 rings (SSSR count). The van der Waals surface area contributed by atoms with Gasteiger partial charge in [0.2, 0.25) is 0 Å². The molecule has 2 heteroatoms. The highest BCUT2D eigenvalue weighted by Gasteiger charge is 2.17. The quantitative estimate of drug-likeness (QED) is 0.646. The van der Waals surface area contributed by atoms with Crippen LogP contribution in [0.2, 0.25) is 0 Å². The number of hydrogen-bond acceptors (Lipinski definition) is 2. The summed E-state index contributed by atoms with van der Waals surface area (Å²) in [7, 11) is 0. The molecule has 1 aliphatic heterocycles. The Morgan fingerprint density at radius 2 is 1.62 bits per heavy atom. The van der Waals surface area contributed by atoms with Crippen molar-refractivity contribution in [2.24, 2.45) is 5.92 Å². The lowest BCUT2D eigenvalue weighted by molar-refractivity contribution is 0.594. The van der Waals surface area contributed by atoms with Crippen LogP contribution < -0.4 is 15.8 Å². The molecule has 3 aliphatic rings. The molecule has 0 bridgehead atoms. The first-order valence-electron chi connectivity index (χ1n) is 11.4. The van der Waals surface area contributed by atoms with E-state index in [0.717, 1.165) is 12.8 Å². The normalized spacial score (nSPS) is 17.2. The predicted octanol–water partition coefficient (Wildman–Crippen LogP) is 4.84. The number of allylic oxidation sites excluding steroid dienone is 4. The van der Waals surface area contributed by atoms with E-state index in [9.17, 15) is 0 Å². The van der Waals surface area contributed by atoms with Crippen LogP contribution in [0.1, 0.15) is 23.2 Å². The fourth-order valence-corrected chi connectivity index (χ4v) is 4.74. The topological polar surface area (TPSA) is 24.9 Å². The summed E-state index contributed by atoms with van der Waals surface area (Å²) in [6, 6.07) is 19.7. The lowest BCUT2D eigenvalue weighted by Crippen LogP contribution is -2.36. The van der Waals surface area contributed by atoms with E-state index in [2.05, 4.69) is 71.0 Å². The van der Waals surface area contributed by atoms with Gasteiger partial charge in [-0.1, -0.05) is 66.8 Å². The monoisotopic (exact) mass is 416 g/mol. The summed E-state index contributed by atoms with van der Waals surface area (Å²) >= 11 is 0. The van der Waals surface area contributed by atoms with Gasteiger partial charge in [0.05, 0.1) is 0 Å². The van der Waals surface area contributed by atoms with Gasteiger partial charge in [-0.3, -0.25) is 4.98 Å². The van der Waals surface area contributed by atoms with Gasteiger partial charge in [-0.05, 0) is 88.6 Å². The van der Waals surface area contributed by atoms with Crippen LogP contribution in [0.4, 0.5) is 0 Å². The van der Waals surface area contributed by atoms with E-state index in [-0.39, 0.29) is 0 Å². The molecule has 2 aliphatic carbocycles. The number of aryl methyl sites for hydroxylation is 1. The Hall–Kier alpha value is -3.65. The Bertz CT molecular complexity index is 1280. The molecule has 32 heavy (non-hydrogen) atoms. The molecule has 0 radical (unpaired) electrons. The van der Waals surface area contributed by atoms with E-state index >= 15 is 0 Å². The second-order valence-corrected chi connectivity index (χ2v) is 8.43. The van der Waals surface area contributed by atoms with Gasteiger partial charge in [0.1, 0.15) is 0 Å². The van der Waals surface area contributed by atoms with E-state index in [1.54, 1.807) is 0 Å². The minimum absolute atomic E-state index is 0.583. The third kappa shape index (κ3) is 4.50. The maximum Gasteiger partial charge on any atom is 0.0409 e. The third-order valence-corrected chi connectivity index (χ3v) is 6.31. The van der Waals surface area contributed by atoms with Crippen molar-refractivity contribution >= 4 is 12.2 Å². The molecule has 3 aromatic rings. The molecule has 0 saturated heterocycles. The average molecular weight is 417 g/mol. The maximum atomic E-state index is 4.52. The Balaban J connectivity index is 0.000000265. The number of rotatable bonds is 2. The molecule has 0 fully saturated rings. The van der Waals surface area contributed by atoms with Gasteiger partial charge in [-0.15, -0.1) is 0 Å². The summed E-state index contributed by atoms with van der Waals surface area (Å²) in [5.41, 5.74) is 6.95. The van der Waals surface area contributed by atoms with Gasteiger partial charge in [-0.25, -0.2) is 0 Å². The predicted molar refractivity (Wildman–Crippen MR) is 134 cm³/mol. The van der Waals surface area contributed by atoms with Crippen molar-refractivity contribution in [1.82, 2.24) is 10.3 Å². The van der Waals surface area contributed by atoms with Crippen molar-refractivity contribution < 1.29 is 0 Å². The highest BCUT2D eigenvalue weighted by molar-refractivity contribution is 5.74. The van der Waals surface area contributed by atoms with Gasteiger partial charge in [-0.2, -0.15) is 0 Å². The lowest BCUT2D eigenvalue weighted by Gasteiger charge is -2.21. The van der Waals surface area contributed by atoms with Crippen LogP contribution in [0, 0.1) is 5.92 Å². The molecule has 158 valence electrons. The Labute approximate surface area is 190 Å². The minimum atomic E-state index is 0.583. The number of fused-ring (bicyclic) bond motifs is 5. The van der Waals surface area contributed by atoms with Gasteiger partial charge < -0.3 is 5.32 Å². The minimum Gasteiger partial charge on any atom is -0.368 e. The third-order valence-electron chi connectivity index (χ3n) is 6.31. The Morgan fingerprint density at radius 3 is 2.47 bits per heavy atom. The standard InChI is InChI=1S/C24H21N.C6H7N/c1-2-7-21-18(5-1)10-13-23-22(21)12-11-19-9-8-17(16-24(19)23)15-20-6-3-4-14-25-20;1-2-4-6-7-5-3-1/h1-7,11-14,16-17H,8-10,15H2;1-7H. The first-order valence-corrected chi connectivity index (χ1v) is 11.4. The van der Waals surface area contributed by atoms with Crippen LogP contribution in [0.25, 0.3) is 23.3 Å². The van der Waals surface area contributed by atoms with E-state index < -0.39 is 0 Å². The van der Waals surface area contributed by atoms with Gasteiger partial charge >= 0.3 is 0 Å². The fourth-order valence-electron chi connectivity index (χ4n) is 4.74. The van der Waals surface area contributed by atoms with Gasteiger partial charge in [0.25, 0.3) is 0 Å². The zero-order chi connectivity index (χ0) is 21.6. The largest absolute Gasteiger partial charge is 0.368 e. The summed E-state index contributed by atoms with van der Waals surface area (Å²) in [6.45, 7) is 0. The van der Waals surface area contributed by atoms with Crippen LogP contribution >= 0.6 is 0 Å². The molecular weight excluding hydrogens is 388 g/mol. The molecule has 0 saturated carbocycles. The van der Waals surface area contributed by atoms with Crippen LogP contribution in [0.5, 0.6) is 0 Å². The molecule has 2 heterocycles. The summed E-state index contributed by atoms with van der Waals surface area (Å²) in [5, 5.41) is 5.84. The fraction of sp³-hybridized carbons (Fsp3) is 0.167. The number of pyridine rings is 1. The lowest BCUT2D eigenvalue weighted by atomic mass is 9.83. The molecule has 0 spiro atoms. The first kappa shape index (κ1) is 20.3. The number of nitrogens with one attached hydrogen (secondary N) is 1. The van der Waals surface area contributed by atoms with E-state index in [1.165, 1.54) is 51.2 Å². The Morgan fingerprint density at radius 1 is 0.781 bits per heavy atom. The number of benzene rings is 2. The summed E-state index contributed by atoms with van der Waals surface area (Å²) in [4.78, 5) is 4.52. The van der Waals surface area contributed by atoms with Crippen molar-refractivity contribution in [3.8, 4) is 11.1 Å². The highest BCUT2D eigenvalue weighted by atomic mass is 14.8. The Kier molecular flexibility index (Phi) is 6.11. The van der Waals surface area contributed by atoms with Gasteiger partial charge in [0.15, 0.2) is 0 Å². The second kappa shape index (κ2) is 9.65. The van der Waals surface area contributed by atoms with Crippen LogP contribution in [-0.2, 0) is 19.3 Å². The second-order valence-electron chi connectivity index (χ2n) is 8.43. The first-order chi connectivity index (χ1) is 15.9. The average Bonchev–Trinajstić information content (AvgIpc) is 3.18. The van der Waals surface area contributed by atoms with Crippen molar-refractivity contribution in [3.05, 3.63) is 125 Å². The summed E-state index contributed by atoms with van der Waals surface area (Å²) in [6.07, 6.45) is 22.9. The van der Waals surface area contributed by atoms with Gasteiger partial charge in [0, 0.05) is 24.3 Å². The van der Waals surface area contributed by atoms with E-state index in [4.69, 9.17) is 0 Å². The van der Waals surface area contributed by atoms with Crippen molar-refractivity contribution in [2.45, 2.75) is 25.7 Å². The zero-order valence-corrected chi connectivity index (χ0v) is 18.2. The van der Waals surface area contributed by atoms with Crippen LogP contribution in [-0.4, -0.2) is 4.98 Å². The molecule has 2 aromatic carbocycles. The number of nitrogens with zero attached hydrogens (tertiary/aromatic N) is 1. The molecule has 0 amide bonds. The van der Waals surface area contributed by atoms with Crippen LogP contribution in [0.15, 0.2) is 97.5 Å². The summed E-state index contributed by atoms with van der Waals surface area (Å²) in [5.74, 6) is 0.583. The van der Waals surface area contributed by atoms with Crippen molar-refractivity contribution in [3.63, 3.8) is 0 Å². The molecular formula is C30H28N2. The molecule has 1 atom stereocenters.